The largest absolute Gasteiger partial charge is 0.478 e. The molecule has 0 aliphatic rings. The third kappa shape index (κ3) is 7.47. The topological polar surface area (TPSA) is 191 Å². The molecule has 0 unspecified atom stereocenters. The van der Waals surface area contributed by atoms with Gasteiger partial charge in [0.2, 0.25) is 12.2 Å². The van der Waals surface area contributed by atoms with E-state index < -0.39 is 46.9 Å². The predicted molar refractivity (Wildman–Crippen MR) is 137 cm³/mol. The molecule has 2 atom stereocenters. The first-order valence-electron chi connectivity index (χ1n) is 11.6. The van der Waals surface area contributed by atoms with Crippen molar-refractivity contribution in [2.45, 2.75) is 26.1 Å². The number of aryl methyl sites for hydroxylation is 2. The normalized spacial score (nSPS) is 11.8. The zero-order valence-electron chi connectivity index (χ0n) is 21.2. The van der Waals surface area contributed by atoms with Crippen LogP contribution >= 0.6 is 0 Å². The summed E-state index contributed by atoms with van der Waals surface area (Å²) in [4.78, 5) is 73.0. The van der Waals surface area contributed by atoms with E-state index in [2.05, 4.69) is 0 Å². The molecule has 3 aromatic rings. The Bertz CT molecular complexity index is 1430. The van der Waals surface area contributed by atoms with Crippen LogP contribution in [0.15, 0.2) is 72.8 Å². The summed E-state index contributed by atoms with van der Waals surface area (Å²) >= 11 is 0. The Balaban J connectivity index is 1.83. The number of hydrazine groups is 1. The van der Waals surface area contributed by atoms with E-state index >= 15 is 0 Å². The maximum atomic E-state index is 13.0. The molecule has 206 valence electrons. The van der Waals surface area contributed by atoms with Crippen LogP contribution in [0.1, 0.15) is 42.2 Å². The highest BCUT2D eigenvalue weighted by molar-refractivity contribution is 5.99. The van der Waals surface area contributed by atoms with Gasteiger partial charge in [0.05, 0.1) is 16.1 Å². The second kappa shape index (κ2) is 12.8. The van der Waals surface area contributed by atoms with E-state index in [1.807, 2.05) is 10.9 Å². The lowest BCUT2D eigenvalue weighted by Gasteiger charge is -2.23. The fourth-order valence-electron chi connectivity index (χ4n) is 3.24. The monoisotopic (exact) mass is 549 g/mol. The number of hydrogen-bond acceptors (Lipinski definition) is 9. The van der Waals surface area contributed by atoms with Gasteiger partial charge in [-0.25, -0.2) is 14.4 Å². The van der Waals surface area contributed by atoms with Crippen LogP contribution in [-0.2, 0) is 19.1 Å². The van der Waals surface area contributed by atoms with Gasteiger partial charge in [0, 0.05) is 17.7 Å². The first-order chi connectivity index (χ1) is 19.0. The van der Waals surface area contributed by atoms with Crippen molar-refractivity contribution in [2.75, 3.05) is 0 Å². The molecule has 3 N–H and O–H groups in total. The highest BCUT2D eigenvalue weighted by Crippen LogP contribution is 2.15. The minimum absolute atomic E-state index is 0.0210. The van der Waals surface area contributed by atoms with Gasteiger partial charge in [0.25, 0.3) is 17.5 Å². The number of carboxylic acid groups (broad SMARTS) is 1. The van der Waals surface area contributed by atoms with Crippen LogP contribution in [0.25, 0.3) is 0 Å². The van der Waals surface area contributed by atoms with Crippen molar-refractivity contribution >= 4 is 35.4 Å². The third-order valence-electron chi connectivity index (χ3n) is 5.46. The van der Waals surface area contributed by atoms with E-state index in [9.17, 15) is 39.2 Å². The molecule has 0 spiro atoms. The lowest BCUT2D eigenvalue weighted by molar-refractivity contribution is -0.384. The lowest BCUT2D eigenvalue weighted by atomic mass is 10.1. The number of aliphatic carboxylic acids is 1. The predicted octanol–water partition coefficient (Wildman–Crippen LogP) is 2.51. The fraction of sp³-hybridized carbons (Fsp3) is 0.148. The molecular weight excluding hydrogens is 526 g/mol. The molecule has 0 bridgehead atoms. The van der Waals surface area contributed by atoms with E-state index in [0.717, 1.165) is 35.4 Å². The molecule has 0 fully saturated rings. The molecule has 0 saturated heterocycles. The molecule has 40 heavy (non-hydrogen) atoms. The zero-order valence-corrected chi connectivity index (χ0v) is 21.2. The number of carboxylic acids is 1. The summed E-state index contributed by atoms with van der Waals surface area (Å²) in [5.74, 6) is -6.26. The van der Waals surface area contributed by atoms with Crippen LogP contribution in [0.2, 0.25) is 0 Å². The van der Waals surface area contributed by atoms with Gasteiger partial charge >= 0.3 is 17.9 Å². The number of non-ortho nitro benzene ring substituents is 1. The Hall–Kier alpha value is -5.59. The minimum Gasteiger partial charge on any atom is -0.478 e. The highest BCUT2D eigenvalue weighted by atomic mass is 16.6. The molecule has 0 aromatic heterocycles. The van der Waals surface area contributed by atoms with E-state index in [0.29, 0.717) is 0 Å². The summed E-state index contributed by atoms with van der Waals surface area (Å²) < 4.78 is 10.2. The zero-order chi connectivity index (χ0) is 29.4. The number of rotatable bonds is 9. The molecule has 0 heterocycles. The van der Waals surface area contributed by atoms with Gasteiger partial charge in [-0.2, -0.15) is 0 Å². The van der Waals surface area contributed by atoms with Crippen molar-refractivity contribution in [1.82, 2.24) is 10.9 Å². The summed E-state index contributed by atoms with van der Waals surface area (Å²) in [6.07, 6.45) is -4.54. The van der Waals surface area contributed by atoms with Crippen molar-refractivity contribution < 1.29 is 43.5 Å². The SMILES string of the molecule is Cc1ccc(C(=O)O[C@H](C(=O)O)[C@H](OC(=O)c2ccc(C)cc2)C(=O)NNC(=O)c2ccc([N+](=O)[O-])cc2)cc1. The number of benzene rings is 3. The Morgan fingerprint density at radius 2 is 1.12 bits per heavy atom. The van der Waals surface area contributed by atoms with Crippen LogP contribution in [-0.4, -0.2) is 52.0 Å². The second-order valence-corrected chi connectivity index (χ2v) is 8.47. The number of carbonyl (C=O) groups excluding carboxylic acids is 4. The average molecular weight is 549 g/mol. The van der Waals surface area contributed by atoms with Crippen molar-refractivity contribution in [3.8, 4) is 0 Å². The minimum atomic E-state index is -2.31. The lowest BCUT2D eigenvalue weighted by Crippen LogP contribution is -2.54. The average Bonchev–Trinajstić information content (AvgIpc) is 2.93. The number of nitro benzene ring substituents is 1. The Morgan fingerprint density at radius 1 is 0.700 bits per heavy atom. The van der Waals surface area contributed by atoms with Crippen LogP contribution < -0.4 is 10.9 Å². The summed E-state index contributed by atoms with van der Waals surface area (Å²) in [6.45, 7) is 3.54. The molecule has 0 aliphatic heterocycles. The van der Waals surface area contributed by atoms with Gasteiger partial charge in [-0.1, -0.05) is 35.4 Å². The van der Waals surface area contributed by atoms with E-state index in [4.69, 9.17) is 9.47 Å². The number of ether oxygens (including phenoxy) is 2. The van der Waals surface area contributed by atoms with Crippen molar-refractivity contribution in [2.24, 2.45) is 0 Å². The van der Waals surface area contributed by atoms with Gasteiger partial charge in [-0.15, -0.1) is 0 Å². The molecule has 3 rings (SSSR count). The maximum Gasteiger partial charge on any atom is 0.349 e. The van der Waals surface area contributed by atoms with Crippen molar-refractivity contribution in [3.05, 3.63) is 111 Å². The molecule has 0 radical (unpaired) electrons. The van der Waals surface area contributed by atoms with E-state index in [1.54, 1.807) is 38.1 Å². The number of nitro groups is 1. The van der Waals surface area contributed by atoms with Gasteiger partial charge in [0.1, 0.15) is 0 Å². The summed E-state index contributed by atoms with van der Waals surface area (Å²) in [7, 11) is 0. The van der Waals surface area contributed by atoms with Crippen LogP contribution in [0.3, 0.4) is 0 Å². The smallest absolute Gasteiger partial charge is 0.349 e. The summed E-state index contributed by atoms with van der Waals surface area (Å²) in [5, 5.41) is 20.6. The standard InChI is InChI=1S/C27H23N3O10/c1-15-3-7-18(8-4-15)26(35)39-21(22(25(33)34)40-27(36)19-9-5-16(2)6-10-19)24(32)29-28-23(31)17-11-13-20(14-12-17)30(37)38/h3-14,21-22H,1-2H3,(H,28,31)(H,29,32)(H,33,34)/t21-,22-/m0/s1. The maximum absolute atomic E-state index is 13.0. The first-order valence-corrected chi connectivity index (χ1v) is 11.6. The van der Waals surface area contributed by atoms with Crippen molar-refractivity contribution in [3.63, 3.8) is 0 Å². The summed E-state index contributed by atoms with van der Waals surface area (Å²) in [5.41, 5.74) is 5.17. The third-order valence-corrected chi connectivity index (χ3v) is 5.46. The molecule has 0 saturated carbocycles. The van der Waals surface area contributed by atoms with Crippen LogP contribution in [0, 0.1) is 24.0 Å². The van der Waals surface area contributed by atoms with E-state index in [-0.39, 0.29) is 22.4 Å². The second-order valence-electron chi connectivity index (χ2n) is 8.47. The Labute approximate surface area is 226 Å². The molecule has 2 amide bonds. The molecular formula is C27H23N3O10. The number of esters is 2. The number of amides is 2. The van der Waals surface area contributed by atoms with Gasteiger partial charge in [-0.3, -0.25) is 30.6 Å². The molecule has 13 heteroatoms. The molecule has 3 aromatic carbocycles. The van der Waals surface area contributed by atoms with E-state index in [1.165, 1.54) is 24.3 Å². The number of nitrogens with one attached hydrogen (secondary N) is 2. The highest BCUT2D eigenvalue weighted by Gasteiger charge is 2.41. The Morgan fingerprint density at radius 3 is 1.55 bits per heavy atom. The van der Waals surface area contributed by atoms with Gasteiger partial charge in [-0.05, 0) is 50.2 Å². The van der Waals surface area contributed by atoms with Gasteiger partial charge < -0.3 is 14.6 Å². The number of nitrogens with zero attached hydrogens (tertiary/aromatic N) is 1. The quantitative estimate of drug-likeness (QED) is 0.203. The first kappa shape index (κ1) is 29.0. The molecule has 0 aliphatic carbocycles. The van der Waals surface area contributed by atoms with Crippen LogP contribution in [0.4, 0.5) is 5.69 Å². The summed E-state index contributed by atoms with van der Waals surface area (Å²) in [6, 6.07) is 16.3. The number of hydrogen-bond donors (Lipinski definition) is 3. The van der Waals surface area contributed by atoms with Crippen molar-refractivity contribution in [1.29, 1.82) is 0 Å². The number of carbonyl (C=O) groups is 5. The Kier molecular flexibility index (Phi) is 9.25. The molecule has 13 nitrogen and oxygen atoms in total. The fourth-order valence-corrected chi connectivity index (χ4v) is 3.24. The van der Waals surface area contributed by atoms with Crippen LogP contribution in [0.5, 0.6) is 0 Å². The van der Waals surface area contributed by atoms with Gasteiger partial charge in [0.15, 0.2) is 0 Å².